The molecule has 21 heavy (non-hydrogen) atoms. The van der Waals surface area contributed by atoms with E-state index in [4.69, 9.17) is 0 Å². The van der Waals surface area contributed by atoms with Crippen LogP contribution < -0.4 is 10.6 Å². The number of aromatic nitrogens is 2. The number of hydrogen-bond acceptors (Lipinski definition) is 5. The molecule has 0 unspecified atom stereocenters. The Labute approximate surface area is 130 Å². The molecule has 2 heterocycles. The van der Waals surface area contributed by atoms with Gasteiger partial charge >= 0.3 is 0 Å². The first-order chi connectivity index (χ1) is 9.99. The van der Waals surface area contributed by atoms with Gasteiger partial charge in [0.05, 0.1) is 12.2 Å². The Bertz CT molecular complexity index is 597. The summed E-state index contributed by atoms with van der Waals surface area (Å²) in [7, 11) is 0. The zero-order valence-corrected chi connectivity index (χ0v) is 13.6. The molecule has 0 radical (unpaired) electrons. The lowest BCUT2D eigenvalue weighted by molar-refractivity contribution is 0.625. The fourth-order valence-corrected chi connectivity index (χ4v) is 2.77. The van der Waals surface area contributed by atoms with Crippen LogP contribution in [0.4, 0.5) is 11.8 Å². The second-order valence-electron chi connectivity index (χ2n) is 6.58. The topological polar surface area (TPSA) is 49.8 Å². The summed E-state index contributed by atoms with van der Waals surface area (Å²) in [5.74, 6) is 2.25. The van der Waals surface area contributed by atoms with Gasteiger partial charge in [-0.3, -0.25) is 0 Å². The third-order valence-corrected chi connectivity index (χ3v) is 4.13. The highest BCUT2D eigenvalue weighted by molar-refractivity contribution is 7.09. The summed E-state index contributed by atoms with van der Waals surface area (Å²) in [6.45, 7) is 7.18. The molecule has 2 aromatic rings. The molecule has 0 amide bonds. The third-order valence-electron chi connectivity index (χ3n) is 3.25. The number of nitrogens with one attached hydrogen (secondary N) is 2. The molecule has 0 aromatic carbocycles. The fraction of sp³-hybridized carbons (Fsp3) is 0.500. The van der Waals surface area contributed by atoms with Crippen LogP contribution in [0, 0.1) is 0 Å². The number of thiophene rings is 1. The van der Waals surface area contributed by atoms with Gasteiger partial charge in [-0.25, -0.2) is 4.98 Å². The second-order valence-corrected chi connectivity index (χ2v) is 7.62. The molecule has 1 aliphatic carbocycles. The number of hydrogen-bond donors (Lipinski definition) is 2. The highest BCUT2D eigenvalue weighted by Crippen LogP contribution is 2.40. The largest absolute Gasteiger partial charge is 0.365 e. The molecule has 2 aromatic heterocycles. The monoisotopic (exact) mass is 302 g/mol. The third kappa shape index (κ3) is 4.17. The maximum atomic E-state index is 4.67. The van der Waals surface area contributed by atoms with Crippen LogP contribution >= 0.6 is 11.3 Å². The van der Waals surface area contributed by atoms with E-state index in [1.807, 2.05) is 0 Å². The SMILES string of the molecule is CC(C)(C)Nc1nc(NCc2cccs2)cc(C2CC2)n1. The predicted octanol–water partition coefficient (Wildman–Crippen LogP) is 4.24. The first kappa shape index (κ1) is 14.3. The van der Waals surface area contributed by atoms with Crippen LogP contribution in [0.15, 0.2) is 23.6 Å². The summed E-state index contributed by atoms with van der Waals surface area (Å²) in [6, 6.07) is 6.30. The van der Waals surface area contributed by atoms with Crippen molar-refractivity contribution in [2.24, 2.45) is 0 Å². The Morgan fingerprint density at radius 3 is 2.71 bits per heavy atom. The van der Waals surface area contributed by atoms with Crippen LogP contribution in [0.3, 0.4) is 0 Å². The molecule has 0 aliphatic heterocycles. The van der Waals surface area contributed by atoms with E-state index in [0.717, 1.165) is 24.0 Å². The van der Waals surface area contributed by atoms with Gasteiger partial charge in [0.2, 0.25) is 5.95 Å². The highest BCUT2D eigenvalue weighted by Gasteiger charge is 2.26. The van der Waals surface area contributed by atoms with E-state index in [2.05, 4.69) is 65.0 Å². The lowest BCUT2D eigenvalue weighted by atomic mass is 10.1. The minimum absolute atomic E-state index is 0.0345. The van der Waals surface area contributed by atoms with Crippen molar-refractivity contribution >= 4 is 23.1 Å². The number of anilines is 2. The van der Waals surface area contributed by atoms with Gasteiger partial charge in [0.15, 0.2) is 0 Å². The first-order valence-electron chi connectivity index (χ1n) is 7.43. The van der Waals surface area contributed by atoms with Crippen molar-refractivity contribution in [3.05, 3.63) is 34.2 Å². The van der Waals surface area contributed by atoms with Gasteiger partial charge in [-0.1, -0.05) is 6.07 Å². The normalized spacial score (nSPS) is 15.0. The minimum atomic E-state index is -0.0345. The zero-order chi connectivity index (χ0) is 14.9. The Balaban J connectivity index is 1.77. The maximum Gasteiger partial charge on any atom is 0.225 e. The van der Waals surface area contributed by atoms with Crippen molar-refractivity contribution in [3.8, 4) is 0 Å². The van der Waals surface area contributed by atoms with Gasteiger partial charge in [-0.2, -0.15) is 4.98 Å². The van der Waals surface area contributed by atoms with Gasteiger partial charge in [0.1, 0.15) is 5.82 Å². The summed E-state index contributed by atoms with van der Waals surface area (Å²) in [6.07, 6.45) is 2.49. The summed E-state index contributed by atoms with van der Waals surface area (Å²) in [5.41, 5.74) is 1.12. The minimum Gasteiger partial charge on any atom is -0.365 e. The van der Waals surface area contributed by atoms with E-state index in [1.165, 1.54) is 17.7 Å². The van der Waals surface area contributed by atoms with Gasteiger partial charge in [0.25, 0.3) is 0 Å². The molecule has 3 rings (SSSR count). The lowest BCUT2D eigenvalue weighted by Crippen LogP contribution is -2.27. The van der Waals surface area contributed by atoms with Gasteiger partial charge in [0, 0.05) is 22.4 Å². The van der Waals surface area contributed by atoms with E-state index in [9.17, 15) is 0 Å². The van der Waals surface area contributed by atoms with Crippen molar-refractivity contribution in [2.45, 2.75) is 51.6 Å². The summed E-state index contributed by atoms with van der Waals surface area (Å²) in [5, 5.41) is 8.89. The van der Waals surface area contributed by atoms with E-state index < -0.39 is 0 Å². The van der Waals surface area contributed by atoms with E-state index in [-0.39, 0.29) is 5.54 Å². The van der Waals surface area contributed by atoms with Crippen molar-refractivity contribution in [1.29, 1.82) is 0 Å². The summed E-state index contributed by atoms with van der Waals surface area (Å²) < 4.78 is 0. The quantitative estimate of drug-likeness (QED) is 0.867. The van der Waals surface area contributed by atoms with Crippen LogP contribution in [-0.2, 0) is 6.54 Å². The average molecular weight is 302 g/mol. The van der Waals surface area contributed by atoms with Gasteiger partial charge < -0.3 is 10.6 Å². The number of rotatable bonds is 5. The standard InChI is InChI=1S/C16H22N4S/c1-16(2,3)20-15-18-13(11-6-7-11)9-14(19-15)17-10-12-5-4-8-21-12/h4-5,8-9,11H,6-7,10H2,1-3H3,(H2,17,18,19,20). The van der Waals surface area contributed by atoms with E-state index in [1.54, 1.807) is 11.3 Å². The summed E-state index contributed by atoms with van der Waals surface area (Å²) in [4.78, 5) is 10.6. The van der Waals surface area contributed by atoms with Crippen molar-refractivity contribution in [1.82, 2.24) is 9.97 Å². The molecule has 0 atom stereocenters. The Hall–Kier alpha value is -1.62. The molecule has 112 valence electrons. The predicted molar refractivity (Wildman–Crippen MR) is 89.0 cm³/mol. The smallest absolute Gasteiger partial charge is 0.225 e. The Kier molecular flexibility index (Phi) is 3.85. The van der Waals surface area contributed by atoms with E-state index in [0.29, 0.717) is 5.92 Å². The van der Waals surface area contributed by atoms with Gasteiger partial charge in [-0.15, -0.1) is 11.3 Å². The molecule has 2 N–H and O–H groups in total. The average Bonchev–Trinajstić information content (AvgIpc) is 3.11. The second kappa shape index (κ2) is 5.64. The lowest BCUT2D eigenvalue weighted by Gasteiger charge is -2.21. The maximum absolute atomic E-state index is 4.67. The molecule has 0 saturated heterocycles. The molecular formula is C16H22N4S. The Morgan fingerprint density at radius 1 is 1.29 bits per heavy atom. The zero-order valence-electron chi connectivity index (χ0n) is 12.8. The van der Waals surface area contributed by atoms with Crippen molar-refractivity contribution in [2.75, 3.05) is 10.6 Å². The van der Waals surface area contributed by atoms with Crippen LogP contribution in [-0.4, -0.2) is 15.5 Å². The Morgan fingerprint density at radius 2 is 2.10 bits per heavy atom. The van der Waals surface area contributed by atoms with E-state index >= 15 is 0 Å². The summed E-state index contributed by atoms with van der Waals surface area (Å²) >= 11 is 1.76. The fourth-order valence-electron chi connectivity index (χ4n) is 2.13. The number of nitrogens with zero attached hydrogens (tertiary/aromatic N) is 2. The van der Waals surface area contributed by atoms with Crippen LogP contribution in [0.25, 0.3) is 0 Å². The first-order valence-corrected chi connectivity index (χ1v) is 8.31. The highest BCUT2D eigenvalue weighted by atomic mass is 32.1. The van der Waals surface area contributed by atoms with Crippen LogP contribution in [0.5, 0.6) is 0 Å². The molecule has 1 saturated carbocycles. The van der Waals surface area contributed by atoms with Gasteiger partial charge in [-0.05, 0) is 45.1 Å². The molecule has 1 fully saturated rings. The molecule has 4 nitrogen and oxygen atoms in total. The van der Waals surface area contributed by atoms with Crippen LogP contribution in [0.2, 0.25) is 0 Å². The van der Waals surface area contributed by atoms with Crippen molar-refractivity contribution in [3.63, 3.8) is 0 Å². The molecule has 0 spiro atoms. The molecule has 0 bridgehead atoms. The molecular weight excluding hydrogens is 280 g/mol. The van der Waals surface area contributed by atoms with Crippen LogP contribution in [0.1, 0.15) is 50.1 Å². The molecule has 1 aliphatic rings. The molecule has 5 heteroatoms. The van der Waals surface area contributed by atoms with Crippen molar-refractivity contribution < 1.29 is 0 Å².